The predicted octanol–water partition coefficient (Wildman–Crippen LogP) is 7.09. The molecule has 0 aliphatic carbocycles. The smallest absolute Gasteiger partial charge is 0.347 e. The summed E-state index contributed by atoms with van der Waals surface area (Å²) >= 11 is 0. The summed E-state index contributed by atoms with van der Waals surface area (Å²) in [4.78, 5) is 13.2. The van der Waals surface area contributed by atoms with Crippen LogP contribution < -0.4 is 4.74 Å². The molecule has 0 N–H and O–H groups in total. The van der Waals surface area contributed by atoms with E-state index in [2.05, 4.69) is 36.4 Å². The summed E-state index contributed by atoms with van der Waals surface area (Å²) in [5.41, 5.74) is 1.90. The largest absolute Gasteiger partial charge is 0.479 e. The molecule has 3 nitrogen and oxygen atoms in total. The molecule has 0 aliphatic heterocycles. The van der Waals surface area contributed by atoms with Gasteiger partial charge >= 0.3 is 5.97 Å². The van der Waals surface area contributed by atoms with Gasteiger partial charge in [0.2, 0.25) is 0 Å². The normalized spacial score (nSPS) is 12.1. The monoisotopic (exact) mass is 432 g/mol. The number of carbonyl (C=O) groups excluding carboxylic acids is 1. The lowest BCUT2D eigenvalue weighted by Gasteiger charge is -2.24. The molecular formula is C30H24O3. The van der Waals surface area contributed by atoms with Crippen LogP contribution in [0.4, 0.5) is 0 Å². The molecule has 1 atom stereocenters. The molecule has 0 saturated heterocycles. The molecule has 0 saturated carbocycles. The summed E-state index contributed by atoms with van der Waals surface area (Å²) in [6, 6.07) is 37.9. The highest BCUT2D eigenvalue weighted by molar-refractivity contribution is 5.90. The molecule has 0 fully saturated rings. The second-order valence-corrected chi connectivity index (χ2v) is 8.03. The number of benzene rings is 5. The molecule has 0 aliphatic rings. The number of ether oxygens (including phenoxy) is 2. The first-order valence-corrected chi connectivity index (χ1v) is 11.1. The Bertz CT molecular complexity index is 1320. The number of hydrogen-bond acceptors (Lipinski definition) is 3. The highest BCUT2D eigenvalue weighted by Crippen LogP contribution is 2.36. The first-order chi connectivity index (χ1) is 16.2. The molecule has 0 amide bonds. The Morgan fingerprint density at radius 3 is 1.67 bits per heavy atom. The quantitative estimate of drug-likeness (QED) is 0.269. The van der Waals surface area contributed by atoms with Gasteiger partial charge in [0.25, 0.3) is 0 Å². The highest BCUT2D eigenvalue weighted by Gasteiger charge is 2.26. The van der Waals surface area contributed by atoms with Crippen LogP contribution in [0.25, 0.3) is 21.5 Å². The molecule has 0 spiro atoms. The van der Waals surface area contributed by atoms with Gasteiger partial charge in [0.05, 0.1) is 0 Å². The number of fused-ring (bicyclic) bond motifs is 2. The fraction of sp³-hybridized carbons (Fsp3) is 0.100. The maximum absolute atomic E-state index is 13.2. The molecule has 3 heteroatoms. The Morgan fingerprint density at radius 1 is 0.606 bits per heavy atom. The fourth-order valence-electron chi connectivity index (χ4n) is 4.22. The van der Waals surface area contributed by atoms with E-state index in [-0.39, 0.29) is 0 Å². The van der Waals surface area contributed by atoms with Crippen LogP contribution in [-0.4, -0.2) is 12.1 Å². The van der Waals surface area contributed by atoms with E-state index >= 15 is 0 Å². The molecule has 5 aromatic rings. The Balaban J connectivity index is 1.58. The first kappa shape index (κ1) is 20.8. The topological polar surface area (TPSA) is 35.5 Å². The molecule has 0 heterocycles. The zero-order chi connectivity index (χ0) is 22.6. The lowest BCUT2D eigenvalue weighted by atomic mass is 9.92. The van der Waals surface area contributed by atoms with Gasteiger partial charge in [0.15, 0.2) is 12.2 Å². The molecule has 0 bridgehead atoms. The molecule has 0 aromatic heterocycles. The van der Waals surface area contributed by atoms with E-state index in [1.165, 1.54) is 0 Å². The third-order valence-electron chi connectivity index (χ3n) is 5.83. The standard InChI is InChI=1S/C30H24O3/c1-21(32-24-15-3-2-4-16-24)30(31)33-29(27-19-9-13-22-11-5-7-17-25(22)27)28-20-10-14-23-12-6-8-18-26(23)28/h2-21,29H,1H3/t21-/m1/s1. The molecule has 33 heavy (non-hydrogen) atoms. The molecule has 5 aromatic carbocycles. The fourth-order valence-corrected chi connectivity index (χ4v) is 4.22. The molecule has 0 unspecified atom stereocenters. The lowest BCUT2D eigenvalue weighted by molar-refractivity contribution is -0.155. The Morgan fingerprint density at radius 2 is 1.09 bits per heavy atom. The van der Waals surface area contributed by atoms with Gasteiger partial charge < -0.3 is 9.47 Å². The summed E-state index contributed by atoms with van der Waals surface area (Å²) in [7, 11) is 0. The molecule has 0 radical (unpaired) electrons. The van der Waals surface area contributed by atoms with Gasteiger partial charge in [-0.3, -0.25) is 0 Å². The van der Waals surface area contributed by atoms with Crippen LogP contribution in [0.5, 0.6) is 5.75 Å². The first-order valence-electron chi connectivity index (χ1n) is 11.1. The van der Waals surface area contributed by atoms with Crippen LogP contribution >= 0.6 is 0 Å². The number of para-hydroxylation sites is 1. The van der Waals surface area contributed by atoms with Gasteiger partial charge in [-0.25, -0.2) is 4.79 Å². The average molecular weight is 433 g/mol. The van der Waals surface area contributed by atoms with Crippen molar-refractivity contribution in [3.05, 3.63) is 126 Å². The van der Waals surface area contributed by atoms with Crippen molar-refractivity contribution in [2.24, 2.45) is 0 Å². The van der Waals surface area contributed by atoms with E-state index < -0.39 is 18.2 Å². The molecular weight excluding hydrogens is 408 g/mol. The molecule has 5 rings (SSSR count). The van der Waals surface area contributed by atoms with Crippen molar-refractivity contribution < 1.29 is 14.3 Å². The van der Waals surface area contributed by atoms with E-state index in [1.807, 2.05) is 78.9 Å². The summed E-state index contributed by atoms with van der Waals surface area (Å²) in [6.45, 7) is 1.72. The number of hydrogen-bond donors (Lipinski definition) is 0. The van der Waals surface area contributed by atoms with E-state index in [4.69, 9.17) is 9.47 Å². The minimum absolute atomic E-state index is 0.412. The van der Waals surface area contributed by atoms with Gasteiger partial charge in [-0.2, -0.15) is 0 Å². The van der Waals surface area contributed by atoms with Gasteiger partial charge in [-0.05, 0) is 40.6 Å². The zero-order valence-corrected chi connectivity index (χ0v) is 18.3. The average Bonchev–Trinajstić information content (AvgIpc) is 2.87. The van der Waals surface area contributed by atoms with Crippen LogP contribution in [-0.2, 0) is 9.53 Å². The predicted molar refractivity (Wildman–Crippen MR) is 132 cm³/mol. The second-order valence-electron chi connectivity index (χ2n) is 8.03. The maximum atomic E-state index is 13.2. The highest BCUT2D eigenvalue weighted by atomic mass is 16.6. The van der Waals surface area contributed by atoms with Crippen LogP contribution in [0.1, 0.15) is 24.2 Å². The third-order valence-corrected chi connectivity index (χ3v) is 5.83. The Hall–Kier alpha value is -4.11. The lowest BCUT2D eigenvalue weighted by Crippen LogP contribution is -2.28. The summed E-state index contributed by atoms with van der Waals surface area (Å²) in [6.07, 6.45) is -1.32. The number of rotatable bonds is 6. The van der Waals surface area contributed by atoms with Crippen LogP contribution in [0.2, 0.25) is 0 Å². The van der Waals surface area contributed by atoms with Gasteiger partial charge in [0.1, 0.15) is 5.75 Å². The Kier molecular flexibility index (Phi) is 5.77. The van der Waals surface area contributed by atoms with Crippen molar-refractivity contribution in [1.29, 1.82) is 0 Å². The van der Waals surface area contributed by atoms with Crippen LogP contribution in [0, 0.1) is 0 Å². The SMILES string of the molecule is C[C@@H](Oc1ccccc1)C(=O)OC(c1cccc2ccccc12)c1cccc2ccccc12. The second kappa shape index (κ2) is 9.17. The van der Waals surface area contributed by atoms with Gasteiger partial charge in [-0.15, -0.1) is 0 Å². The zero-order valence-electron chi connectivity index (χ0n) is 18.3. The van der Waals surface area contributed by atoms with Gasteiger partial charge in [-0.1, -0.05) is 103 Å². The maximum Gasteiger partial charge on any atom is 0.347 e. The number of esters is 1. The van der Waals surface area contributed by atoms with Crippen LogP contribution in [0.15, 0.2) is 115 Å². The van der Waals surface area contributed by atoms with Crippen molar-refractivity contribution >= 4 is 27.5 Å². The van der Waals surface area contributed by atoms with E-state index in [0.717, 1.165) is 32.7 Å². The van der Waals surface area contributed by atoms with Crippen molar-refractivity contribution in [1.82, 2.24) is 0 Å². The minimum Gasteiger partial charge on any atom is -0.479 e. The van der Waals surface area contributed by atoms with Crippen molar-refractivity contribution in [2.45, 2.75) is 19.1 Å². The summed E-state index contributed by atoms with van der Waals surface area (Å²) in [5, 5.41) is 4.32. The summed E-state index contributed by atoms with van der Waals surface area (Å²) < 4.78 is 12.1. The molecule has 162 valence electrons. The minimum atomic E-state index is -0.750. The van der Waals surface area contributed by atoms with E-state index in [1.54, 1.807) is 6.92 Å². The van der Waals surface area contributed by atoms with E-state index in [9.17, 15) is 4.79 Å². The summed E-state index contributed by atoms with van der Waals surface area (Å²) in [5.74, 6) is 0.221. The third kappa shape index (κ3) is 4.31. The van der Waals surface area contributed by atoms with Crippen LogP contribution in [0.3, 0.4) is 0 Å². The number of carbonyl (C=O) groups is 1. The van der Waals surface area contributed by atoms with Gasteiger partial charge in [0, 0.05) is 11.1 Å². The Labute approximate surface area is 193 Å². The van der Waals surface area contributed by atoms with E-state index in [0.29, 0.717) is 5.75 Å². The van der Waals surface area contributed by atoms with Crippen molar-refractivity contribution in [3.63, 3.8) is 0 Å². The van der Waals surface area contributed by atoms with Crippen molar-refractivity contribution in [2.75, 3.05) is 0 Å². The van der Waals surface area contributed by atoms with Crippen molar-refractivity contribution in [3.8, 4) is 5.75 Å².